The van der Waals surface area contributed by atoms with Crippen LogP contribution in [0.1, 0.15) is 28.7 Å². The molecule has 3 rings (SSSR count). The monoisotopic (exact) mass is 446 g/mol. The molecule has 2 aromatic carbocycles. The smallest absolute Gasteiger partial charge is 0.100 e. The second-order valence-corrected chi connectivity index (χ2v) is 8.05. The van der Waals surface area contributed by atoms with Crippen LogP contribution in [0.2, 0.25) is 0 Å². The highest BCUT2D eigenvalue weighted by molar-refractivity contribution is 9.08. The Morgan fingerprint density at radius 1 is 0.762 bits per heavy atom. The Morgan fingerprint density at radius 2 is 1.10 bits per heavy atom. The minimum absolute atomic E-state index is 0.286. The summed E-state index contributed by atoms with van der Waals surface area (Å²) in [4.78, 5) is 0. The first-order chi connectivity index (χ1) is 10.0. The molecule has 0 aromatic heterocycles. The van der Waals surface area contributed by atoms with Crippen molar-refractivity contribution in [3.63, 3.8) is 0 Å². The highest BCUT2D eigenvalue weighted by Crippen LogP contribution is 2.68. The van der Waals surface area contributed by atoms with E-state index in [1.165, 1.54) is 22.3 Å². The quantitative estimate of drug-likeness (QED) is 0.479. The first kappa shape index (κ1) is 15.9. The maximum absolute atomic E-state index is 6.53. The first-order valence-electron chi connectivity index (χ1n) is 6.72. The molecule has 0 atom stereocenters. The van der Waals surface area contributed by atoms with Gasteiger partial charge in [0.15, 0.2) is 0 Å². The lowest BCUT2D eigenvalue weighted by atomic mass is 9.87. The van der Waals surface area contributed by atoms with Gasteiger partial charge < -0.3 is 0 Å². The van der Waals surface area contributed by atoms with Crippen LogP contribution in [0.15, 0.2) is 48.5 Å². The van der Waals surface area contributed by atoms with Crippen LogP contribution in [0.25, 0.3) is 0 Å². The maximum atomic E-state index is 6.53. The van der Waals surface area contributed by atoms with Crippen molar-refractivity contribution in [3.05, 3.63) is 70.8 Å². The zero-order valence-corrected chi connectivity index (χ0v) is 15.9. The summed E-state index contributed by atoms with van der Waals surface area (Å²) in [5.41, 5.74) is 4.58. The van der Waals surface area contributed by atoms with Crippen molar-refractivity contribution in [1.29, 1.82) is 0 Å². The molecular formula is C17H14Br2Cl2. The zero-order valence-electron chi connectivity index (χ0n) is 11.3. The molecule has 0 N–H and O–H groups in total. The van der Waals surface area contributed by atoms with E-state index in [0.29, 0.717) is 0 Å². The van der Waals surface area contributed by atoms with Gasteiger partial charge in [-0.3, -0.25) is 0 Å². The Hall–Kier alpha value is -0.0200. The van der Waals surface area contributed by atoms with Crippen molar-refractivity contribution in [1.82, 2.24) is 0 Å². The van der Waals surface area contributed by atoms with Crippen LogP contribution in [-0.2, 0) is 16.1 Å². The summed E-state index contributed by atoms with van der Waals surface area (Å²) in [7, 11) is 0. The van der Waals surface area contributed by atoms with E-state index in [0.717, 1.165) is 17.1 Å². The second kappa shape index (κ2) is 5.88. The van der Waals surface area contributed by atoms with Crippen molar-refractivity contribution in [2.75, 3.05) is 0 Å². The highest BCUT2D eigenvalue weighted by Gasteiger charge is 2.68. The van der Waals surface area contributed by atoms with Gasteiger partial charge >= 0.3 is 0 Å². The molecule has 0 unspecified atom stereocenters. The fraction of sp³-hybridized carbons (Fsp3) is 0.294. The van der Waals surface area contributed by atoms with Gasteiger partial charge in [-0.2, -0.15) is 0 Å². The molecule has 0 bridgehead atoms. The predicted octanol–water partition coefficient (Wildman–Crippen LogP) is 6.34. The molecule has 1 aliphatic rings. The van der Waals surface area contributed by atoms with Crippen molar-refractivity contribution < 1.29 is 0 Å². The van der Waals surface area contributed by atoms with Crippen molar-refractivity contribution in [3.8, 4) is 0 Å². The molecule has 1 fully saturated rings. The molecule has 0 amide bonds. The molecule has 0 nitrogen and oxygen atoms in total. The highest BCUT2D eigenvalue weighted by atomic mass is 79.9. The first-order valence-corrected chi connectivity index (χ1v) is 9.72. The van der Waals surface area contributed by atoms with Crippen LogP contribution in [0, 0.1) is 0 Å². The number of rotatable bonds is 4. The van der Waals surface area contributed by atoms with E-state index in [2.05, 4.69) is 80.4 Å². The molecule has 0 spiro atoms. The summed E-state index contributed by atoms with van der Waals surface area (Å²) in [6.45, 7) is 0. The van der Waals surface area contributed by atoms with Gasteiger partial charge in [0.2, 0.25) is 0 Å². The van der Waals surface area contributed by atoms with Crippen LogP contribution in [0.4, 0.5) is 0 Å². The summed E-state index contributed by atoms with van der Waals surface area (Å²) < 4.78 is -0.723. The normalized spacial score (nSPS) is 18.5. The summed E-state index contributed by atoms with van der Waals surface area (Å²) in [5.74, 6) is 0. The van der Waals surface area contributed by atoms with E-state index in [1.54, 1.807) is 0 Å². The van der Waals surface area contributed by atoms with Gasteiger partial charge in [-0.25, -0.2) is 0 Å². The third-order valence-corrected chi connectivity index (χ3v) is 6.40. The Labute approximate surface area is 152 Å². The van der Waals surface area contributed by atoms with Crippen LogP contribution >= 0.6 is 55.1 Å². The van der Waals surface area contributed by atoms with Gasteiger partial charge in [0.25, 0.3) is 0 Å². The average molecular weight is 449 g/mol. The minimum atomic E-state index is -0.723. The molecule has 1 saturated carbocycles. The number of benzene rings is 2. The zero-order chi connectivity index (χ0) is 15.1. The molecule has 110 valence electrons. The molecule has 0 radical (unpaired) electrons. The minimum Gasteiger partial charge on any atom is -0.100 e. The summed E-state index contributed by atoms with van der Waals surface area (Å²) >= 11 is 20.0. The van der Waals surface area contributed by atoms with Gasteiger partial charge in [-0.05, 0) is 28.7 Å². The summed E-state index contributed by atoms with van der Waals surface area (Å²) in [5, 5.41) is 1.71. The SMILES string of the molecule is ClC1(Cl)CC1(c1ccc(CBr)cc1)c1ccc(CBr)cc1. The fourth-order valence-electron chi connectivity index (χ4n) is 2.84. The van der Waals surface area contributed by atoms with Crippen molar-refractivity contribution >= 4 is 55.1 Å². The lowest BCUT2D eigenvalue weighted by molar-refractivity contribution is 0.831. The molecule has 21 heavy (non-hydrogen) atoms. The van der Waals surface area contributed by atoms with E-state index in [4.69, 9.17) is 23.2 Å². The van der Waals surface area contributed by atoms with Crippen LogP contribution < -0.4 is 0 Å². The molecule has 1 aliphatic carbocycles. The van der Waals surface area contributed by atoms with Gasteiger partial charge in [-0.1, -0.05) is 80.4 Å². The maximum Gasteiger partial charge on any atom is 0.133 e. The largest absolute Gasteiger partial charge is 0.133 e. The third-order valence-electron chi connectivity index (χ3n) is 4.19. The van der Waals surface area contributed by atoms with Crippen molar-refractivity contribution in [2.45, 2.75) is 26.8 Å². The van der Waals surface area contributed by atoms with Gasteiger partial charge in [0.05, 0.1) is 5.41 Å². The third kappa shape index (κ3) is 2.69. The summed E-state index contributed by atoms with van der Waals surface area (Å²) in [6, 6.07) is 17.1. The number of halogens is 4. The molecule has 0 saturated heterocycles. The second-order valence-electron chi connectivity index (χ2n) is 5.45. The molecule has 0 heterocycles. The van der Waals surface area contributed by atoms with Gasteiger partial charge in [0.1, 0.15) is 4.33 Å². The van der Waals surface area contributed by atoms with Gasteiger partial charge in [0, 0.05) is 10.7 Å². The van der Waals surface area contributed by atoms with Crippen molar-refractivity contribution in [2.24, 2.45) is 0 Å². The molecule has 2 aromatic rings. The molecule has 0 aliphatic heterocycles. The van der Waals surface area contributed by atoms with E-state index >= 15 is 0 Å². The van der Waals surface area contributed by atoms with Crippen LogP contribution in [0.5, 0.6) is 0 Å². The topological polar surface area (TPSA) is 0 Å². The number of hydrogen-bond donors (Lipinski definition) is 0. The van der Waals surface area contributed by atoms with Crippen LogP contribution in [-0.4, -0.2) is 4.33 Å². The van der Waals surface area contributed by atoms with E-state index in [-0.39, 0.29) is 5.41 Å². The molecule has 4 heteroatoms. The Morgan fingerprint density at radius 3 is 1.33 bits per heavy atom. The van der Waals surface area contributed by atoms with E-state index < -0.39 is 4.33 Å². The predicted molar refractivity (Wildman–Crippen MR) is 98.0 cm³/mol. The summed E-state index contributed by atoms with van der Waals surface area (Å²) in [6.07, 6.45) is 0.754. The lowest BCUT2D eigenvalue weighted by Crippen LogP contribution is -2.17. The number of hydrogen-bond acceptors (Lipinski definition) is 0. The molecular weight excluding hydrogens is 435 g/mol. The van der Waals surface area contributed by atoms with Crippen LogP contribution in [0.3, 0.4) is 0 Å². The van der Waals surface area contributed by atoms with E-state index in [1.807, 2.05) is 0 Å². The standard InChI is InChI=1S/C17H14Br2Cl2/c18-9-12-1-5-14(6-2-12)16(11-17(16,20)21)15-7-3-13(10-19)4-8-15/h1-8H,9-11H2. The van der Waals surface area contributed by atoms with Gasteiger partial charge in [-0.15, -0.1) is 23.2 Å². The number of alkyl halides is 4. The average Bonchev–Trinajstić information content (AvgIpc) is 3.11. The fourth-order valence-corrected chi connectivity index (χ4v) is 4.42. The lowest BCUT2D eigenvalue weighted by Gasteiger charge is -2.20. The Kier molecular flexibility index (Phi) is 4.44. The Bertz CT molecular complexity index is 585. The van der Waals surface area contributed by atoms with E-state index in [9.17, 15) is 0 Å². The Balaban J connectivity index is 2.03.